The Morgan fingerprint density at radius 3 is 2.62 bits per heavy atom. The van der Waals surface area contributed by atoms with Crippen molar-refractivity contribution in [3.63, 3.8) is 0 Å². The third-order valence-electron chi connectivity index (χ3n) is 3.83. The molecule has 0 bridgehead atoms. The number of benzene rings is 2. The van der Waals surface area contributed by atoms with E-state index in [0.717, 1.165) is 0 Å². The second-order valence-corrected chi connectivity index (χ2v) is 5.63. The van der Waals surface area contributed by atoms with Crippen molar-refractivity contribution in [1.29, 1.82) is 0 Å². The molecular formula is C19H17F2N3O2. The molecule has 1 heterocycles. The lowest BCUT2D eigenvalue weighted by Crippen LogP contribution is -2.32. The van der Waals surface area contributed by atoms with Crippen molar-refractivity contribution in [2.45, 2.75) is 0 Å². The van der Waals surface area contributed by atoms with Crippen LogP contribution in [0.25, 0.3) is 5.69 Å². The van der Waals surface area contributed by atoms with Crippen molar-refractivity contribution < 1.29 is 18.3 Å². The molecule has 1 amide bonds. The zero-order valence-corrected chi connectivity index (χ0v) is 14.1. The maximum atomic E-state index is 13.5. The fraction of sp³-hybridized carbons (Fsp3) is 0.158. The molecule has 0 fully saturated rings. The topological polar surface area (TPSA) is 47.4 Å². The van der Waals surface area contributed by atoms with Crippen molar-refractivity contribution in [2.24, 2.45) is 0 Å². The number of para-hydroxylation sites is 1. The van der Waals surface area contributed by atoms with Gasteiger partial charge in [-0.15, -0.1) is 0 Å². The molecule has 0 saturated carbocycles. The summed E-state index contributed by atoms with van der Waals surface area (Å²) >= 11 is 0. The second kappa shape index (κ2) is 7.77. The summed E-state index contributed by atoms with van der Waals surface area (Å²) in [6.45, 7) is 0.412. The van der Waals surface area contributed by atoms with Gasteiger partial charge in [0.05, 0.1) is 19.1 Å². The predicted molar refractivity (Wildman–Crippen MR) is 92.4 cm³/mol. The Bertz CT molecular complexity index is 894. The Hall–Kier alpha value is -3.22. The van der Waals surface area contributed by atoms with Crippen LogP contribution in [0.1, 0.15) is 10.5 Å². The number of amides is 1. The number of hydrogen-bond donors (Lipinski definition) is 0. The molecule has 0 aliphatic carbocycles. The van der Waals surface area contributed by atoms with Crippen molar-refractivity contribution in [1.82, 2.24) is 14.5 Å². The molecule has 0 radical (unpaired) electrons. The van der Waals surface area contributed by atoms with Gasteiger partial charge >= 0.3 is 0 Å². The van der Waals surface area contributed by atoms with Crippen molar-refractivity contribution in [3.8, 4) is 11.4 Å². The van der Waals surface area contributed by atoms with Crippen molar-refractivity contribution >= 4 is 5.91 Å². The van der Waals surface area contributed by atoms with Gasteiger partial charge < -0.3 is 9.64 Å². The average Bonchev–Trinajstić information content (AvgIpc) is 3.13. The van der Waals surface area contributed by atoms with Gasteiger partial charge in [-0.05, 0) is 36.4 Å². The SMILES string of the molecule is CN(CCOc1ccccc1F)C(=O)c1cncn1-c1ccc(F)cc1. The molecule has 3 aromatic rings. The first-order valence-electron chi connectivity index (χ1n) is 7.97. The van der Waals surface area contributed by atoms with E-state index >= 15 is 0 Å². The summed E-state index contributed by atoms with van der Waals surface area (Å²) < 4.78 is 33.6. The van der Waals surface area contributed by atoms with E-state index < -0.39 is 5.82 Å². The average molecular weight is 357 g/mol. The summed E-state index contributed by atoms with van der Waals surface area (Å²) in [6.07, 6.45) is 2.93. The number of aromatic nitrogens is 2. The number of carbonyl (C=O) groups is 1. The number of likely N-dealkylation sites (N-methyl/N-ethyl adjacent to an activating group) is 1. The van der Waals surface area contributed by atoms with Crippen molar-refractivity contribution in [2.75, 3.05) is 20.2 Å². The lowest BCUT2D eigenvalue weighted by molar-refractivity contribution is 0.0765. The summed E-state index contributed by atoms with van der Waals surface area (Å²) in [7, 11) is 1.62. The van der Waals surface area contributed by atoms with Crippen LogP contribution >= 0.6 is 0 Å². The molecule has 0 saturated heterocycles. The van der Waals surface area contributed by atoms with Gasteiger partial charge in [0.15, 0.2) is 11.6 Å². The van der Waals surface area contributed by atoms with Gasteiger partial charge in [0.25, 0.3) is 5.91 Å². The first-order valence-corrected chi connectivity index (χ1v) is 7.97. The van der Waals surface area contributed by atoms with Crippen LogP contribution in [-0.4, -0.2) is 40.6 Å². The Morgan fingerprint density at radius 1 is 1.15 bits per heavy atom. The first-order chi connectivity index (χ1) is 12.6. The van der Waals surface area contributed by atoms with Gasteiger partial charge in [0.2, 0.25) is 0 Å². The minimum atomic E-state index is -0.448. The third kappa shape index (κ3) is 3.88. The Labute approximate surface area is 149 Å². The van der Waals surface area contributed by atoms with E-state index in [1.54, 1.807) is 35.9 Å². The molecule has 134 valence electrons. The van der Waals surface area contributed by atoms with E-state index in [1.165, 1.54) is 41.7 Å². The summed E-state index contributed by atoms with van der Waals surface area (Å²) in [5, 5.41) is 0. The fourth-order valence-electron chi connectivity index (χ4n) is 2.41. The molecule has 0 N–H and O–H groups in total. The third-order valence-corrected chi connectivity index (χ3v) is 3.83. The van der Waals surface area contributed by atoms with Crippen molar-refractivity contribution in [3.05, 3.63) is 78.4 Å². The van der Waals surface area contributed by atoms with Gasteiger partial charge in [0, 0.05) is 12.7 Å². The highest BCUT2D eigenvalue weighted by atomic mass is 19.1. The highest BCUT2D eigenvalue weighted by Gasteiger charge is 2.17. The number of halogens is 2. The van der Waals surface area contributed by atoms with Gasteiger partial charge in [-0.3, -0.25) is 9.36 Å². The largest absolute Gasteiger partial charge is 0.489 e. The molecule has 3 rings (SSSR count). The number of carbonyl (C=O) groups excluding carboxylic acids is 1. The lowest BCUT2D eigenvalue weighted by Gasteiger charge is -2.18. The van der Waals surface area contributed by atoms with E-state index in [-0.39, 0.29) is 30.6 Å². The quantitative estimate of drug-likeness (QED) is 0.680. The van der Waals surface area contributed by atoms with Crippen LogP contribution in [0.15, 0.2) is 61.1 Å². The molecular weight excluding hydrogens is 340 g/mol. The zero-order valence-electron chi connectivity index (χ0n) is 14.1. The van der Waals surface area contributed by atoms with Crippen LogP contribution in [0.5, 0.6) is 5.75 Å². The molecule has 2 aromatic carbocycles. The van der Waals surface area contributed by atoms with Crippen LogP contribution in [0, 0.1) is 11.6 Å². The Balaban J connectivity index is 1.65. The maximum absolute atomic E-state index is 13.5. The number of ether oxygens (including phenoxy) is 1. The van der Waals surface area contributed by atoms with E-state index in [4.69, 9.17) is 4.74 Å². The van der Waals surface area contributed by atoms with E-state index in [1.807, 2.05) is 0 Å². The normalized spacial score (nSPS) is 10.6. The lowest BCUT2D eigenvalue weighted by atomic mass is 10.3. The van der Waals surface area contributed by atoms with Gasteiger partial charge in [-0.1, -0.05) is 12.1 Å². The minimum absolute atomic E-state index is 0.143. The van der Waals surface area contributed by atoms with Gasteiger partial charge in [0.1, 0.15) is 18.1 Å². The number of rotatable bonds is 6. The monoisotopic (exact) mass is 357 g/mol. The smallest absolute Gasteiger partial charge is 0.272 e. The Morgan fingerprint density at radius 2 is 1.88 bits per heavy atom. The second-order valence-electron chi connectivity index (χ2n) is 5.63. The number of imidazole rings is 1. The van der Waals surface area contributed by atoms with Crippen LogP contribution in [0.3, 0.4) is 0 Å². The van der Waals surface area contributed by atoms with E-state index in [0.29, 0.717) is 11.4 Å². The first kappa shape index (κ1) is 17.6. The maximum Gasteiger partial charge on any atom is 0.272 e. The van der Waals surface area contributed by atoms with Gasteiger partial charge in [-0.2, -0.15) is 0 Å². The molecule has 26 heavy (non-hydrogen) atoms. The standard InChI is InChI=1S/C19H17F2N3O2/c1-23(10-11-26-18-5-3-2-4-16(18)21)19(25)17-12-22-13-24(17)15-8-6-14(20)7-9-15/h2-9,12-13H,10-11H2,1H3. The van der Waals surface area contributed by atoms with Crippen LogP contribution in [0.2, 0.25) is 0 Å². The summed E-state index contributed by atoms with van der Waals surface area (Å²) in [5.41, 5.74) is 0.966. The molecule has 0 aliphatic rings. The highest BCUT2D eigenvalue weighted by Crippen LogP contribution is 2.16. The summed E-state index contributed by atoms with van der Waals surface area (Å²) in [5.74, 6) is -0.936. The number of nitrogens with zero attached hydrogens (tertiary/aromatic N) is 3. The minimum Gasteiger partial charge on any atom is -0.489 e. The van der Waals surface area contributed by atoms with Gasteiger partial charge in [-0.25, -0.2) is 13.8 Å². The summed E-state index contributed by atoms with van der Waals surface area (Å²) in [6, 6.07) is 11.9. The summed E-state index contributed by atoms with van der Waals surface area (Å²) in [4.78, 5) is 18.1. The molecule has 1 aromatic heterocycles. The predicted octanol–water partition coefficient (Wildman–Crippen LogP) is 3.30. The fourth-order valence-corrected chi connectivity index (χ4v) is 2.41. The molecule has 5 nitrogen and oxygen atoms in total. The molecule has 0 aliphatic heterocycles. The molecule has 0 spiro atoms. The Kier molecular flexibility index (Phi) is 5.26. The zero-order chi connectivity index (χ0) is 18.5. The van der Waals surface area contributed by atoms with Crippen LogP contribution in [0.4, 0.5) is 8.78 Å². The molecule has 7 heteroatoms. The number of hydrogen-bond acceptors (Lipinski definition) is 3. The van der Waals surface area contributed by atoms with Crippen LogP contribution < -0.4 is 4.74 Å². The van der Waals surface area contributed by atoms with E-state index in [9.17, 15) is 13.6 Å². The highest BCUT2D eigenvalue weighted by molar-refractivity contribution is 5.92. The molecule has 0 atom stereocenters. The molecule has 0 unspecified atom stereocenters. The van der Waals surface area contributed by atoms with E-state index in [2.05, 4.69) is 4.98 Å². The van der Waals surface area contributed by atoms with Crippen LogP contribution in [-0.2, 0) is 0 Å².